The minimum absolute atomic E-state index is 0.205. The van der Waals surface area contributed by atoms with Crippen molar-refractivity contribution < 1.29 is 14.4 Å². The first-order chi connectivity index (χ1) is 11.5. The lowest BCUT2D eigenvalue weighted by molar-refractivity contribution is -0.121. The molecule has 0 radical (unpaired) electrons. The summed E-state index contributed by atoms with van der Waals surface area (Å²) >= 11 is 6.05. The molecule has 2 aromatic rings. The van der Waals surface area contributed by atoms with E-state index >= 15 is 0 Å². The lowest BCUT2D eigenvalue weighted by atomic mass is 10.1. The van der Waals surface area contributed by atoms with Crippen LogP contribution in [0, 0.1) is 6.92 Å². The van der Waals surface area contributed by atoms with Crippen molar-refractivity contribution >= 4 is 40.7 Å². The zero-order chi connectivity index (χ0) is 17.3. The van der Waals surface area contributed by atoms with Gasteiger partial charge in [0.25, 0.3) is 5.91 Å². The summed E-state index contributed by atoms with van der Waals surface area (Å²) in [6, 6.07) is 11.7. The SMILES string of the molecule is Cc1ccc(NC(=O)c2cccc(N3C(=O)CCC3=O)c2)cc1Cl. The number of rotatable bonds is 3. The zero-order valence-electron chi connectivity index (χ0n) is 13.0. The first kappa shape index (κ1) is 16.2. The smallest absolute Gasteiger partial charge is 0.255 e. The molecule has 0 aliphatic carbocycles. The minimum Gasteiger partial charge on any atom is -0.322 e. The third-order valence-corrected chi connectivity index (χ3v) is 4.25. The lowest BCUT2D eigenvalue weighted by Crippen LogP contribution is -2.28. The number of nitrogens with one attached hydrogen (secondary N) is 1. The van der Waals surface area contributed by atoms with E-state index in [9.17, 15) is 14.4 Å². The van der Waals surface area contributed by atoms with Crippen LogP contribution >= 0.6 is 11.6 Å². The number of imide groups is 1. The molecule has 1 heterocycles. The molecule has 122 valence electrons. The second-order valence-electron chi connectivity index (χ2n) is 5.59. The predicted octanol–water partition coefficient (Wildman–Crippen LogP) is 3.55. The molecule has 3 rings (SSSR count). The summed E-state index contributed by atoms with van der Waals surface area (Å²) in [6.07, 6.45) is 0.411. The van der Waals surface area contributed by atoms with Crippen LogP contribution in [0.2, 0.25) is 5.02 Å². The summed E-state index contributed by atoms with van der Waals surface area (Å²) in [6.45, 7) is 1.88. The maximum Gasteiger partial charge on any atom is 0.255 e. The highest BCUT2D eigenvalue weighted by molar-refractivity contribution is 6.31. The molecule has 1 aliphatic rings. The van der Waals surface area contributed by atoms with Gasteiger partial charge in [0, 0.05) is 29.1 Å². The molecular weight excluding hydrogens is 328 g/mol. The second-order valence-corrected chi connectivity index (χ2v) is 6.00. The van der Waals surface area contributed by atoms with Crippen molar-refractivity contribution in [1.82, 2.24) is 0 Å². The first-order valence-electron chi connectivity index (χ1n) is 7.49. The number of halogens is 1. The zero-order valence-corrected chi connectivity index (χ0v) is 13.8. The molecule has 3 amide bonds. The van der Waals surface area contributed by atoms with Gasteiger partial charge >= 0.3 is 0 Å². The molecule has 1 N–H and O–H groups in total. The van der Waals surface area contributed by atoms with Crippen LogP contribution in [0.4, 0.5) is 11.4 Å². The van der Waals surface area contributed by atoms with Gasteiger partial charge in [-0.3, -0.25) is 19.3 Å². The molecule has 0 atom stereocenters. The van der Waals surface area contributed by atoms with Crippen LogP contribution in [0.3, 0.4) is 0 Å². The Hall–Kier alpha value is -2.66. The molecule has 0 bridgehead atoms. The van der Waals surface area contributed by atoms with Gasteiger partial charge in [0.15, 0.2) is 0 Å². The van der Waals surface area contributed by atoms with Crippen molar-refractivity contribution in [1.29, 1.82) is 0 Å². The molecular formula is C18H15ClN2O3. The molecule has 1 aliphatic heterocycles. The third kappa shape index (κ3) is 3.16. The Morgan fingerprint density at radius 2 is 1.79 bits per heavy atom. The molecule has 24 heavy (non-hydrogen) atoms. The van der Waals surface area contributed by atoms with E-state index in [1.165, 1.54) is 6.07 Å². The third-order valence-electron chi connectivity index (χ3n) is 3.85. The monoisotopic (exact) mass is 342 g/mol. The van der Waals surface area contributed by atoms with E-state index < -0.39 is 0 Å². The fourth-order valence-electron chi connectivity index (χ4n) is 2.52. The van der Waals surface area contributed by atoms with Gasteiger partial charge < -0.3 is 5.32 Å². The van der Waals surface area contributed by atoms with Crippen LogP contribution in [-0.4, -0.2) is 17.7 Å². The minimum atomic E-state index is -0.337. The summed E-state index contributed by atoms with van der Waals surface area (Å²) in [5.41, 5.74) is 2.27. The normalized spacial score (nSPS) is 14.2. The molecule has 6 heteroatoms. The molecule has 0 aromatic heterocycles. The van der Waals surface area contributed by atoms with Crippen LogP contribution in [0.15, 0.2) is 42.5 Å². The number of anilines is 2. The average Bonchev–Trinajstić information content (AvgIpc) is 2.90. The maximum atomic E-state index is 12.4. The van der Waals surface area contributed by atoms with Gasteiger partial charge in [-0.2, -0.15) is 0 Å². The number of hydrogen-bond donors (Lipinski definition) is 1. The summed E-state index contributed by atoms with van der Waals surface area (Å²) in [5.74, 6) is -0.832. The summed E-state index contributed by atoms with van der Waals surface area (Å²) in [5, 5.41) is 3.32. The largest absolute Gasteiger partial charge is 0.322 e. The number of hydrogen-bond acceptors (Lipinski definition) is 3. The van der Waals surface area contributed by atoms with E-state index in [0.717, 1.165) is 10.5 Å². The average molecular weight is 343 g/mol. The Morgan fingerprint density at radius 1 is 1.08 bits per heavy atom. The van der Waals surface area contributed by atoms with Crippen LogP contribution in [0.1, 0.15) is 28.8 Å². The van der Waals surface area contributed by atoms with Crippen molar-refractivity contribution in [3.8, 4) is 0 Å². The van der Waals surface area contributed by atoms with Gasteiger partial charge in [0.2, 0.25) is 11.8 Å². The van der Waals surface area contributed by atoms with Crippen molar-refractivity contribution in [2.45, 2.75) is 19.8 Å². The van der Waals surface area contributed by atoms with Crippen LogP contribution in [-0.2, 0) is 9.59 Å². The number of amides is 3. The van der Waals surface area contributed by atoms with E-state index in [-0.39, 0.29) is 30.6 Å². The van der Waals surface area contributed by atoms with Crippen molar-refractivity contribution in [3.63, 3.8) is 0 Å². The van der Waals surface area contributed by atoms with Crippen molar-refractivity contribution in [2.24, 2.45) is 0 Å². The number of aryl methyl sites for hydroxylation is 1. The highest BCUT2D eigenvalue weighted by Crippen LogP contribution is 2.24. The van der Waals surface area contributed by atoms with E-state index in [0.29, 0.717) is 22.0 Å². The number of nitrogens with zero attached hydrogens (tertiary/aromatic N) is 1. The second kappa shape index (κ2) is 6.45. The Morgan fingerprint density at radius 3 is 2.46 bits per heavy atom. The molecule has 1 saturated heterocycles. The number of carbonyl (C=O) groups excluding carboxylic acids is 3. The fraction of sp³-hybridized carbons (Fsp3) is 0.167. The van der Waals surface area contributed by atoms with Gasteiger partial charge in [0.05, 0.1) is 5.69 Å². The predicted molar refractivity (Wildman–Crippen MR) is 92.3 cm³/mol. The van der Waals surface area contributed by atoms with Crippen molar-refractivity contribution in [3.05, 3.63) is 58.6 Å². The van der Waals surface area contributed by atoms with Crippen LogP contribution in [0.5, 0.6) is 0 Å². The molecule has 0 unspecified atom stereocenters. The molecule has 0 saturated carbocycles. The maximum absolute atomic E-state index is 12.4. The summed E-state index contributed by atoms with van der Waals surface area (Å²) < 4.78 is 0. The van der Waals surface area contributed by atoms with E-state index in [1.807, 2.05) is 13.0 Å². The summed E-state index contributed by atoms with van der Waals surface area (Å²) in [4.78, 5) is 37.2. The van der Waals surface area contributed by atoms with Crippen LogP contribution in [0.25, 0.3) is 0 Å². The Labute approximate surface area is 144 Å². The quantitative estimate of drug-likeness (QED) is 0.867. The van der Waals surface area contributed by atoms with Gasteiger partial charge in [0.1, 0.15) is 0 Å². The Bertz CT molecular complexity index is 832. The highest BCUT2D eigenvalue weighted by atomic mass is 35.5. The van der Waals surface area contributed by atoms with Gasteiger partial charge in [-0.25, -0.2) is 0 Å². The number of carbonyl (C=O) groups is 3. The van der Waals surface area contributed by atoms with E-state index in [4.69, 9.17) is 11.6 Å². The summed E-state index contributed by atoms with van der Waals surface area (Å²) in [7, 11) is 0. The van der Waals surface area contributed by atoms with Gasteiger partial charge in [-0.1, -0.05) is 23.7 Å². The standard InChI is InChI=1S/C18H15ClN2O3/c1-11-5-6-13(10-15(11)19)20-18(24)12-3-2-4-14(9-12)21-16(22)7-8-17(21)23/h2-6,9-10H,7-8H2,1H3,(H,20,24). The Balaban J connectivity index is 1.83. The fourth-order valence-corrected chi connectivity index (χ4v) is 2.71. The lowest BCUT2D eigenvalue weighted by Gasteiger charge is -2.15. The van der Waals surface area contributed by atoms with Gasteiger partial charge in [-0.05, 0) is 42.8 Å². The molecule has 0 spiro atoms. The van der Waals surface area contributed by atoms with Crippen molar-refractivity contribution in [2.75, 3.05) is 10.2 Å². The first-order valence-corrected chi connectivity index (χ1v) is 7.87. The molecule has 5 nitrogen and oxygen atoms in total. The van der Waals surface area contributed by atoms with E-state index in [1.54, 1.807) is 30.3 Å². The molecule has 2 aromatic carbocycles. The molecule has 1 fully saturated rings. The Kier molecular flexibility index (Phi) is 4.36. The number of benzene rings is 2. The van der Waals surface area contributed by atoms with E-state index in [2.05, 4.69) is 5.32 Å². The topological polar surface area (TPSA) is 66.5 Å². The van der Waals surface area contributed by atoms with Gasteiger partial charge in [-0.15, -0.1) is 0 Å². The van der Waals surface area contributed by atoms with Crippen LogP contribution < -0.4 is 10.2 Å². The highest BCUT2D eigenvalue weighted by Gasteiger charge is 2.30.